The Morgan fingerprint density at radius 2 is 1.62 bits per heavy atom. The molecule has 2 fully saturated rings. The standard InChI is InChI=1S/C20H25ClN2O3/c1-12-13(21)7-6-8-14(12)22-15(24)18(2)9-19(3)11-20(4,10-18)17(26)23(5)16(19)25/h6-8H,9-11H2,1-5H3,(H,22,24). The molecule has 1 aromatic carbocycles. The van der Waals surface area contributed by atoms with E-state index in [9.17, 15) is 14.4 Å². The Labute approximate surface area is 159 Å². The number of hydrogen-bond donors (Lipinski definition) is 1. The van der Waals surface area contributed by atoms with Gasteiger partial charge in [0.25, 0.3) is 0 Å². The second-order valence-corrected chi connectivity index (χ2v) is 9.16. The van der Waals surface area contributed by atoms with Gasteiger partial charge in [0.2, 0.25) is 17.7 Å². The Bertz CT molecular complexity index is 791. The highest BCUT2D eigenvalue weighted by Gasteiger charge is 2.62. The number of piperidine rings is 1. The van der Waals surface area contributed by atoms with E-state index < -0.39 is 16.2 Å². The van der Waals surface area contributed by atoms with Gasteiger partial charge in [-0.1, -0.05) is 38.4 Å². The fourth-order valence-corrected chi connectivity index (χ4v) is 5.33. The molecule has 1 aromatic rings. The molecule has 1 N–H and O–H groups in total. The topological polar surface area (TPSA) is 66.5 Å². The Morgan fingerprint density at radius 1 is 1.08 bits per heavy atom. The van der Waals surface area contributed by atoms with Crippen LogP contribution in [0.1, 0.15) is 45.6 Å². The summed E-state index contributed by atoms with van der Waals surface area (Å²) in [6.45, 7) is 7.43. The van der Waals surface area contributed by atoms with E-state index in [1.54, 1.807) is 25.2 Å². The summed E-state index contributed by atoms with van der Waals surface area (Å²) in [7, 11) is 1.54. The third-order valence-corrected chi connectivity index (χ3v) is 6.46. The second-order valence-electron chi connectivity index (χ2n) is 8.75. The monoisotopic (exact) mass is 376 g/mol. The molecule has 26 heavy (non-hydrogen) atoms. The van der Waals surface area contributed by atoms with Crippen LogP contribution in [0.2, 0.25) is 5.02 Å². The lowest BCUT2D eigenvalue weighted by Gasteiger charge is -2.55. The van der Waals surface area contributed by atoms with E-state index in [0.29, 0.717) is 30.0 Å². The average molecular weight is 377 g/mol. The summed E-state index contributed by atoms with van der Waals surface area (Å²) < 4.78 is 0. The lowest BCUT2D eigenvalue weighted by molar-refractivity contribution is -0.177. The van der Waals surface area contributed by atoms with Gasteiger partial charge in [-0.15, -0.1) is 0 Å². The third-order valence-electron chi connectivity index (χ3n) is 6.05. The number of anilines is 1. The number of nitrogens with zero attached hydrogens (tertiary/aromatic N) is 1. The molecule has 1 aliphatic heterocycles. The van der Waals surface area contributed by atoms with Crippen LogP contribution >= 0.6 is 11.6 Å². The highest BCUT2D eigenvalue weighted by molar-refractivity contribution is 6.31. The predicted octanol–water partition coefficient (Wildman–Crippen LogP) is 3.79. The molecule has 6 heteroatoms. The molecular formula is C20H25ClN2O3. The van der Waals surface area contributed by atoms with Crippen molar-refractivity contribution in [3.05, 3.63) is 28.8 Å². The Balaban J connectivity index is 1.95. The summed E-state index contributed by atoms with van der Waals surface area (Å²) in [4.78, 5) is 39.9. The van der Waals surface area contributed by atoms with Crippen molar-refractivity contribution in [1.29, 1.82) is 0 Å². The largest absolute Gasteiger partial charge is 0.325 e. The van der Waals surface area contributed by atoms with Gasteiger partial charge in [-0.25, -0.2) is 0 Å². The quantitative estimate of drug-likeness (QED) is 0.798. The van der Waals surface area contributed by atoms with E-state index in [-0.39, 0.29) is 17.7 Å². The van der Waals surface area contributed by atoms with E-state index in [2.05, 4.69) is 5.32 Å². The van der Waals surface area contributed by atoms with Gasteiger partial charge >= 0.3 is 0 Å². The molecule has 0 spiro atoms. The maximum absolute atomic E-state index is 13.2. The van der Waals surface area contributed by atoms with Crippen LogP contribution in [0.15, 0.2) is 18.2 Å². The first-order valence-electron chi connectivity index (χ1n) is 8.81. The van der Waals surface area contributed by atoms with E-state index in [1.165, 1.54) is 4.90 Å². The smallest absolute Gasteiger partial charge is 0.234 e. The minimum atomic E-state index is -0.816. The van der Waals surface area contributed by atoms with Gasteiger partial charge in [0.15, 0.2) is 0 Å². The zero-order valence-corrected chi connectivity index (χ0v) is 16.7. The summed E-state index contributed by atoms with van der Waals surface area (Å²) in [6, 6.07) is 5.36. The third kappa shape index (κ3) is 2.73. The van der Waals surface area contributed by atoms with Crippen LogP contribution in [0.3, 0.4) is 0 Å². The van der Waals surface area contributed by atoms with Crippen LogP contribution < -0.4 is 5.32 Å². The number of amides is 3. The molecule has 2 unspecified atom stereocenters. The maximum atomic E-state index is 13.2. The van der Waals surface area contributed by atoms with E-state index in [4.69, 9.17) is 11.6 Å². The molecule has 1 heterocycles. The van der Waals surface area contributed by atoms with Crippen molar-refractivity contribution in [3.63, 3.8) is 0 Å². The number of imide groups is 1. The molecule has 0 aromatic heterocycles. The minimum Gasteiger partial charge on any atom is -0.325 e. The van der Waals surface area contributed by atoms with Gasteiger partial charge in [-0.2, -0.15) is 0 Å². The number of rotatable bonds is 2. The van der Waals surface area contributed by atoms with E-state index in [0.717, 1.165) is 5.56 Å². The summed E-state index contributed by atoms with van der Waals surface area (Å²) in [5.41, 5.74) is -0.796. The fourth-order valence-electron chi connectivity index (χ4n) is 5.15. The SMILES string of the molecule is Cc1c(Cl)cccc1NC(=O)C1(C)CC2(C)CC(C)(C1)C(=O)N(C)C2=O. The number of hydrogen-bond acceptors (Lipinski definition) is 3. The highest BCUT2D eigenvalue weighted by atomic mass is 35.5. The molecule has 3 amide bonds. The highest BCUT2D eigenvalue weighted by Crippen LogP contribution is 2.58. The molecule has 2 aliphatic rings. The molecule has 0 radical (unpaired) electrons. The first kappa shape index (κ1) is 18.9. The van der Waals surface area contributed by atoms with Crippen molar-refractivity contribution in [1.82, 2.24) is 4.90 Å². The zero-order chi connectivity index (χ0) is 19.5. The van der Waals surface area contributed by atoms with Crippen molar-refractivity contribution in [2.24, 2.45) is 16.2 Å². The normalized spacial score (nSPS) is 34.0. The number of likely N-dealkylation sites (tertiary alicyclic amines) is 1. The van der Waals surface area contributed by atoms with Crippen molar-refractivity contribution in [2.45, 2.75) is 47.0 Å². The molecule has 2 bridgehead atoms. The molecule has 3 rings (SSSR count). The Morgan fingerprint density at radius 3 is 2.15 bits per heavy atom. The summed E-state index contributed by atoms with van der Waals surface area (Å²) in [5, 5.41) is 3.55. The molecule has 1 aliphatic carbocycles. The zero-order valence-electron chi connectivity index (χ0n) is 15.9. The summed E-state index contributed by atoms with van der Waals surface area (Å²) in [5.74, 6) is -0.569. The first-order chi connectivity index (χ1) is 11.9. The molecule has 1 saturated carbocycles. The predicted molar refractivity (Wildman–Crippen MR) is 101 cm³/mol. The van der Waals surface area contributed by atoms with Gasteiger partial charge < -0.3 is 5.32 Å². The lowest BCUT2D eigenvalue weighted by Crippen LogP contribution is -2.63. The maximum Gasteiger partial charge on any atom is 0.234 e. The molecule has 5 nitrogen and oxygen atoms in total. The molecule has 140 valence electrons. The van der Waals surface area contributed by atoms with Crippen LogP contribution in [-0.2, 0) is 14.4 Å². The van der Waals surface area contributed by atoms with Crippen LogP contribution in [0, 0.1) is 23.2 Å². The second kappa shape index (κ2) is 5.81. The summed E-state index contributed by atoms with van der Waals surface area (Å²) in [6.07, 6.45) is 1.32. The number of benzene rings is 1. The Kier molecular flexibility index (Phi) is 4.22. The molecule has 2 atom stereocenters. The lowest BCUT2D eigenvalue weighted by atomic mass is 9.51. The van der Waals surface area contributed by atoms with Gasteiger partial charge in [-0.3, -0.25) is 19.3 Å². The van der Waals surface area contributed by atoms with E-state index >= 15 is 0 Å². The average Bonchev–Trinajstić information content (AvgIpc) is 2.54. The first-order valence-corrected chi connectivity index (χ1v) is 9.19. The van der Waals surface area contributed by atoms with Crippen LogP contribution in [0.4, 0.5) is 5.69 Å². The number of fused-ring (bicyclic) bond motifs is 2. The van der Waals surface area contributed by atoms with Crippen molar-refractivity contribution >= 4 is 35.0 Å². The number of halogens is 1. The van der Waals surface area contributed by atoms with Gasteiger partial charge in [0.05, 0.1) is 0 Å². The van der Waals surface area contributed by atoms with Crippen LogP contribution in [-0.4, -0.2) is 29.7 Å². The number of carbonyl (C=O) groups is 3. The van der Waals surface area contributed by atoms with Crippen molar-refractivity contribution < 1.29 is 14.4 Å². The van der Waals surface area contributed by atoms with Gasteiger partial charge in [-0.05, 0) is 43.9 Å². The van der Waals surface area contributed by atoms with Crippen molar-refractivity contribution in [2.75, 3.05) is 12.4 Å². The number of carbonyl (C=O) groups excluding carboxylic acids is 3. The van der Waals surface area contributed by atoms with Gasteiger partial charge in [0.1, 0.15) is 0 Å². The summed E-state index contributed by atoms with van der Waals surface area (Å²) >= 11 is 6.15. The molecule has 1 saturated heterocycles. The van der Waals surface area contributed by atoms with E-state index in [1.807, 2.05) is 27.7 Å². The molecular weight excluding hydrogens is 352 g/mol. The number of nitrogens with one attached hydrogen (secondary N) is 1. The Hall–Kier alpha value is -1.88. The minimum absolute atomic E-state index is 0.176. The van der Waals surface area contributed by atoms with Crippen molar-refractivity contribution in [3.8, 4) is 0 Å². The van der Waals surface area contributed by atoms with Gasteiger partial charge in [0, 0.05) is 34.0 Å². The fraction of sp³-hybridized carbons (Fsp3) is 0.550. The van der Waals surface area contributed by atoms with Crippen LogP contribution in [0.25, 0.3) is 0 Å². The van der Waals surface area contributed by atoms with Crippen LogP contribution in [0.5, 0.6) is 0 Å².